The molecule has 0 spiro atoms. The number of carbonyl (C=O) groups excluding carboxylic acids is 1. The number of anilines is 1. The van der Waals surface area contributed by atoms with Crippen LogP contribution in [-0.2, 0) is 10.3 Å². The molecule has 0 heterocycles. The topological polar surface area (TPSA) is 50.4 Å². The number of hydrogen-bond acceptors (Lipinski definition) is 3. The average Bonchev–Trinajstić information content (AvgIpc) is 2.99. The minimum Gasteiger partial charge on any atom is -0.544 e. The fourth-order valence-electron chi connectivity index (χ4n) is 5.13. The Kier molecular flexibility index (Phi) is 10.6. The number of amides is 1. The van der Waals surface area contributed by atoms with Gasteiger partial charge in [-0.25, -0.2) is 0 Å². The Labute approximate surface area is 260 Å². The summed E-state index contributed by atoms with van der Waals surface area (Å²) in [5.41, 5.74) is 5.23. The average molecular weight is 593 g/mol. The molecule has 4 rings (SSSR count). The summed E-state index contributed by atoms with van der Waals surface area (Å²) in [6, 6.07) is 38.0. The lowest BCUT2D eigenvalue weighted by Gasteiger charge is -2.37. The van der Waals surface area contributed by atoms with E-state index in [0.717, 1.165) is 37.2 Å². The molecule has 0 aliphatic heterocycles. The van der Waals surface area contributed by atoms with Crippen LogP contribution in [0.3, 0.4) is 0 Å². The second-order valence-corrected chi connectivity index (χ2v) is 17.7. The van der Waals surface area contributed by atoms with E-state index < -0.39 is 13.9 Å². The van der Waals surface area contributed by atoms with Crippen molar-refractivity contribution in [3.8, 4) is 5.75 Å². The van der Waals surface area contributed by atoms with E-state index in [1.54, 1.807) is 0 Å². The van der Waals surface area contributed by atoms with Gasteiger partial charge in [-0.3, -0.25) is 10.1 Å². The summed E-state index contributed by atoms with van der Waals surface area (Å²) in [7, 11) is -1.89. The molecule has 226 valence electrons. The molecule has 4 nitrogen and oxygen atoms in total. The van der Waals surface area contributed by atoms with Gasteiger partial charge >= 0.3 is 0 Å². The van der Waals surface area contributed by atoms with Crippen LogP contribution in [0.4, 0.5) is 5.69 Å². The van der Waals surface area contributed by atoms with Gasteiger partial charge in [0.1, 0.15) is 5.75 Å². The highest BCUT2D eigenvalue weighted by atomic mass is 28.4. The van der Waals surface area contributed by atoms with E-state index in [2.05, 4.69) is 136 Å². The van der Waals surface area contributed by atoms with Gasteiger partial charge in [-0.2, -0.15) is 0 Å². The van der Waals surface area contributed by atoms with Gasteiger partial charge in [0.25, 0.3) is 0 Å². The number of unbranched alkanes of at least 4 members (excludes halogenated alkanes) is 2. The van der Waals surface area contributed by atoms with Crippen LogP contribution in [0.1, 0.15) is 68.7 Å². The maximum atomic E-state index is 12.7. The zero-order valence-electron chi connectivity index (χ0n) is 26.7. The number of rotatable bonds is 13. The van der Waals surface area contributed by atoms with Crippen molar-refractivity contribution in [3.63, 3.8) is 0 Å². The second kappa shape index (κ2) is 14.2. The molecule has 0 atom stereocenters. The monoisotopic (exact) mass is 592 g/mol. The van der Waals surface area contributed by atoms with Gasteiger partial charge in [0.15, 0.2) is 0 Å². The molecule has 0 bridgehead atoms. The number of nitrogens with one attached hydrogen (secondary N) is 2. The summed E-state index contributed by atoms with van der Waals surface area (Å²) >= 11 is 0. The minimum atomic E-state index is -1.89. The molecule has 0 aliphatic carbocycles. The third kappa shape index (κ3) is 8.24. The van der Waals surface area contributed by atoms with E-state index in [0.29, 0.717) is 6.42 Å². The molecule has 0 fully saturated rings. The second-order valence-electron chi connectivity index (χ2n) is 13.0. The third-order valence-electron chi connectivity index (χ3n) is 8.69. The van der Waals surface area contributed by atoms with Gasteiger partial charge in [-0.15, -0.1) is 0 Å². The van der Waals surface area contributed by atoms with Crippen LogP contribution in [0.5, 0.6) is 5.75 Å². The molecule has 0 radical (unpaired) electrons. The highest BCUT2D eigenvalue weighted by Crippen LogP contribution is 2.38. The molecule has 4 aromatic rings. The molecular formula is C38H48N2O2Si. The zero-order valence-corrected chi connectivity index (χ0v) is 27.7. The summed E-state index contributed by atoms with van der Waals surface area (Å²) in [5.74, 6) is 0.915. The Morgan fingerprint density at radius 2 is 1.23 bits per heavy atom. The molecule has 0 saturated carbocycles. The minimum absolute atomic E-state index is 0.0496. The van der Waals surface area contributed by atoms with E-state index in [-0.39, 0.29) is 10.9 Å². The highest BCUT2D eigenvalue weighted by Gasteiger charge is 2.39. The van der Waals surface area contributed by atoms with Crippen LogP contribution in [0.15, 0.2) is 109 Å². The summed E-state index contributed by atoms with van der Waals surface area (Å²) in [5, 5.41) is 7.14. The van der Waals surface area contributed by atoms with Crippen LogP contribution in [0.25, 0.3) is 0 Å². The fourth-order valence-corrected chi connectivity index (χ4v) is 6.16. The van der Waals surface area contributed by atoms with Gasteiger partial charge in [0.05, 0.1) is 5.54 Å². The SMILES string of the molecule is Cc1ccc(C(NCCCCCC(=O)Nc2ccc(O[Si](C)(C)C(C)(C)C)cc2)(c2ccccc2)c2ccccc2)cc1. The van der Waals surface area contributed by atoms with Crippen molar-refractivity contribution in [2.75, 3.05) is 11.9 Å². The first-order valence-electron chi connectivity index (χ1n) is 15.5. The van der Waals surface area contributed by atoms with Crippen molar-refractivity contribution >= 4 is 19.9 Å². The van der Waals surface area contributed by atoms with E-state index in [1.165, 1.54) is 22.3 Å². The first kappa shape index (κ1) is 32.2. The zero-order chi connectivity index (χ0) is 30.9. The predicted molar refractivity (Wildman–Crippen MR) is 183 cm³/mol. The molecule has 2 N–H and O–H groups in total. The lowest BCUT2D eigenvalue weighted by molar-refractivity contribution is -0.116. The van der Waals surface area contributed by atoms with E-state index in [1.807, 2.05) is 24.3 Å². The third-order valence-corrected chi connectivity index (χ3v) is 13.0. The molecule has 1 amide bonds. The first-order valence-corrected chi connectivity index (χ1v) is 18.4. The number of hydrogen-bond donors (Lipinski definition) is 2. The molecule has 5 heteroatoms. The van der Waals surface area contributed by atoms with Gasteiger partial charge < -0.3 is 9.74 Å². The lowest BCUT2D eigenvalue weighted by atomic mass is 9.76. The molecule has 0 unspecified atom stereocenters. The van der Waals surface area contributed by atoms with Gasteiger partial charge in [0, 0.05) is 12.1 Å². The Balaban J connectivity index is 1.33. The molecule has 0 aliphatic rings. The van der Waals surface area contributed by atoms with E-state index in [9.17, 15) is 4.79 Å². The van der Waals surface area contributed by atoms with Crippen LogP contribution in [0.2, 0.25) is 18.1 Å². The van der Waals surface area contributed by atoms with Crippen LogP contribution < -0.4 is 15.1 Å². The van der Waals surface area contributed by atoms with Crippen LogP contribution in [0, 0.1) is 6.92 Å². The van der Waals surface area contributed by atoms with Crippen molar-refractivity contribution in [2.24, 2.45) is 0 Å². The Morgan fingerprint density at radius 1 is 0.698 bits per heavy atom. The summed E-state index contributed by atoms with van der Waals surface area (Å²) in [4.78, 5) is 12.7. The quantitative estimate of drug-likeness (QED) is 0.0923. The van der Waals surface area contributed by atoms with E-state index in [4.69, 9.17) is 4.43 Å². The molecular weight excluding hydrogens is 545 g/mol. The fraction of sp³-hybridized carbons (Fsp3) is 0.342. The first-order chi connectivity index (χ1) is 20.5. The van der Waals surface area contributed by atoms with E-state index >= 15 is 0 Å². The number of aryl methyl sites for hydroxylation is 1. The van der Waals surface area contributed by atoms with Crippen LogP contribution >= 0.6 is 0 Å². The standard InChI is InChI=1S/C38H48N2O2Si/c1-30-21-23-33(24-22-30)38(31-16-10-7-11-17-31,32-18-12-8-13-19-32)39-29-15-9-14-20-36(41)40-34-25-27-35(28-26-34)42-43(5,6)37(2,3)4/h7-8,10-13,16-19,21-28,39H,9,14-15,20,29H2,1-6H3,(H,40,41). The van der Waals surface area contributed by atoms with Crippen molar-refractivity contribution in [3.05, 3.63) is 131 Å². The van der Waals surface area contributed by atoms with Gasteiger partial charge in [-0.05, 0) is 85.4 Å². The molecule has 4 aromatic carbocycles. The predicted octanol–water partition coefficient (Wildman–Crippen LogP) is 9.46. The smallest absolute Gasteiger partial charge is 0.250 e. The maximum Gasteiger partial charge on any atom is 0.250 e. The Hall–Kier alpha value is -3.67. The van der Waals surface area contributed by atoms with Crippen molar-refractivity contribution in [1.29, 1.82) is 0 Å². The number of benzene rings is 4. The van der Waals surface area contributed by atoms with Gasteiger partial charge in [-0.1, -0.05) is 118 Å². The Morgan fingerprint density at radius 3 is 1.77 bits per heavy atom. The van der Waals surface area contributed by atoms with Crippen LogP contribution in [-0.4, -0.2) is 20.8 Å². The lowest BCUT2D eigenvalue weighted by Crippen LogP contribution is -2.45. The van der Waals surface area contributed by atoms with Crippen molar-refractivity contribution < 1.29 is 9.22 Å². The Bertz CT molecular complexity index is 1390. The molecule has 43 heavy (non-hydrogen) atoms. The van der Waals surface area contributed by atoms with Gasteiger partial charge in [0.2, 0.25) is 14.2 Å². The van der Waals surface area contributed by atoms with Crippen molar-refractivity contribution in [2.45, 2.75) is 77.0 Å². The van der Waals surface area contributed by atoms with Crippen molar-refractivity contribution in [1.82, 2.24) is 5.32 Å². The largest absolute Gasteiger partial charge is 0.544 e. The maximum absolute atomic E-state index is 12.7. The molecule has 0 aromatic heterocycles. The summed E-state index contributed by atoms with van der Waals surface area (Å²) < 4.78 is 6.36. The highest BCUT2D eigenvalue weighted by molar-refractivity contribution is 6.74. The number of carbonyl (C=O) groups is 1. The molecule has 0 saturated heterocycles. The normalized spacial score (nSPS) is 12.1. The summed E-state index contributed by atoms with van der Waals surface area (Å²) in [6.45, 7) is 14.1. The summed E-state index contributed by atoms with van der Waals surface area (Å²) in [6.07, 6.45) is 3.28.